The lowest BCUT2D eigenvalue weighted by Gasteiger charge is -2.16. The summed E-state index contributed by atoms with van der Waals surface area (Å²) in [5.74, 6) is -0.564. The van der Waals surface area contributed by atoms with E-state index in [9.17, 15) is 18.4 Å². The Bertz CT molecular complexity index is 194. The summed E-state index contributed by atoms with van der Waals surface area (Å²) in [5, 5.41) is 0.562. The average molecular weight is 194 g/mol. The van der Waals surface area contributed by atoms with Crippen molar-refractivity contribution in [1.82, 2.24) is 5.06 Å². The highest BCUT2D eigenvalue weighted by molar-refractivity contribution is 7.74. The molecule has 1 atom stereocenters. The number of hydroxylamine groups is 2. The highest BCUT2D eigenvalue weighted by Crippen LogP contribution is 1.95. The van der Waals surface area contributed by atoms with Gasteiger partial charge in [0.1, 0.15) is 17.6 Å². The summed E-state index contributed by atoms with van der Waals surface area (Å²) in [5.41, 5.74) is 0. The van der Waals surface area contributed by atoms with Crippen LogP contribution in [0, 0.1) is 0 Å². The van der Waals surface area contributed by atoms with Gasteiger partial charge >= 0.3 is 0 Å². The Labute approximate surface area is 71.9 Å². The predicted molar refractivity (Wildman–Crippen MR) is 38.1 cm³/mol. The zero-order valence-corrected chi connectivity index (χ0v) is 7.20. The number of aldehydes is 1. The molecule has 1 amide bonds. The molecule has 7 heteroatoms. The minimum Gasteiger partial charge on any atom is -0.748 e. The van der Waals surface area contributed by atoms with Crippen LogP contribution in [0.3, 0.4) is 0 Å². The van der Waals surface area contributed by atoms with Crippen molar-refractivity contribution in [2.45, 2.75) is 12.8 Å². The maximum absolute atomic E-state index is 10.8. The van der Waals surface area contributed by atoms with Crippen LogP contribution in [0.15, 0.2) is 0 Å². The fraction of sp³-hybridized carbons (Fsp3) is 0.600. The number of hydrogen-bond donors (Lipinski definition) is 0. The molecule has 0 aliphatic rings. The van der Waals surface area contributed by atoms with Crippen molar-refractivity contribution in [1.29, 1.82) is 0 Å². The van der Waals surface area contributed by atoms with Crippen LogP contribution in [0.2, 0.25) is 0 Å². The summed E-state index contributed by atoms with van der Waals surface area (Å²) in [7, 11) is 1.16. The summed E-state index contributed by atoms with van der Waals surface area (Å²) in [4.78, 5) is 20.6. The molecule has 0 fully saturated rings. The van der Waals surface area contributed by atoms with E-state index in [1.807, 2.05) is 0 Å². The Balaban J connectivity index is 3.76. The normalized spacial score (nSPS) is 12.2. The van der Waals surface area contributed by atoms with Crippen molar-refractivity contribution in [3.8, 4) is 0 Å². The Morgan fingerprint density at radius 1 is 1.75 bits per heavy atom. The van der Waals surface area contributed by atoms with E-state index in [-0.39, 0.29) is 12.8 Å². The second kappa shape index (κ2) is 5.81. The lowest BCUT2D eigenvalue weighted by atomic mass is 10.3. The molecule has 0 saturated heterocycles. The fourth-order valence-corrected chi connectivity index (χ4v) is 0.738. The SMILES string of the molecule is CN(OS(=O)[O-])C(=O)CCC=O. The second-order valence-corrected chi connectivity index (χ2v) is 2.43. The Kier molecular flexibility index (Phi) is 5.43. The third-order valence-corrected chi connectivity index (χ3v) is 1.35. The van der Waals surface area contributed by atoms with E-state index in [2.05, 4.69) is 4.28 Å². The first-order valence-electron chi connectivity index (χ1n) is 3.06. The van der Waals surface area contributed by atoms with Crippen molar-refractivity contribution < 1.29 is 22.6 Å². The molecule has 0 rings (SSSR count). The second-order valence-electron chi connectivity index (χ2n) is 1.88. The summed E-state index contributed by atoms with van der Waals surface area (Å²) in [6.45, 7) is 0. The lowest BCUT2D eigenvalue weighted by molar-refractivity contribution is -0.152. The Hall–Kier alpha value is -0.790. The molecule has 70 valence electrons. The van der Waals surface area contributed by atoms with Gasteiger partial charge in [0.2, 0.25) is 5.91 Å². The van der Waals surface area contributed by atoms with E-state index in [0.29, 0.717) is 11.3 Å². The molecule has 0 radical (unpaired) electrons. The largest absolute Gasteiger partial charge is 0.748 e. The van der Waals surface area contributed by atoms with Gasteiger partial charge in [0.15, 0.2) is 0 Å². The fourth-order valence-electron chi connectivity index (χ4n) is 0.473. The lowest BCUT2D eigenvalue weighted by Crippen LogP contribution is -2.27. The predicted octanol–water partition coefficient (Wildman–Crippen LogP) is -0.850. The smallest absolute Gasteiger partial charge is 0.247 e. The molecule has 0 aliphatic carbocycles. The molecule has 0 spiro atoms. The van der Waals surface area contributed by atoms with Crippen molar-refractivity contribution >= 4 is 23.6 Å². The van der Waals surface area contributed by atoms with Crippen LogP contribution < -0.4 is 0 Å². The molecule has 0 bridgehead atoms. The summed E-state index contributed by atoms with van der Waals surface area (Å²) in [6, 6.07) is 0. The van der Waals surface area contributed by atoms with Crippen LogP contribution in [0.4, 0.5) is 0 Å². The molecule has 0 aromatic heterocycles. The molecular formula is C5H8NO5S-. The zero-order valence-electron chi connectivity index (χ0n) is 6.39. The molecule has 1 unspecified atom stereocenters. The third kappa shape index (κ3) is 4.94. The van der Waals surface area contributed by atoms with Gasteiger partial charge in [-0.1, -0.05) is 0 Å². The van der Waals surface area contributed by atoms with Crippen molar-refractivity contribution in [3.63, 3.8) is 0 Å². The number of carbonyl (C=O) groups excluding carboxylic acids is 2. The van der Waals surface area contributed by atoms with Crippen LogP contribution in [-0.4, -0.2) is 33.1 Å². The molecular weight excluding hydrogens is 186 g/mol. The third-order valence-electron chi connectivity index (χ3n) is 1.000. The highest BCUT2D eigenvalue weighted by Gasteiger charge is 2.08. The minimum atomic E-state index is -2.76. The van der Waals surface area contributed by atoms with E-state index in [1.165, 1.54) is 0 Å². The van der Waals surface area contributed by atoms with Crippen molar-refractivity contribution in [2.24, 2.45) is 0 Å². The molecule has 0 aromatic carbocycles. The zero-order chi connectivity index (χ0) is 9.56. The maximum Gasteiger partial charge on any atom is 0.247 e. The number of hydrogen-bond acceptors (Lipinski definition) is 5. The minimum absolute atomic E-state index is 0.0536. The summed E-state index contributed by atoms with van der Waals surface area (Å²) in [6.07, 6.45) is 0.565. The van der Waals surface area contributed by atoms with Gasteiger partial charge in [-0.15, -0.1) is 0 Å². The van der Waals surface area contributed by atoms with E-state index < -0.39 is 17.3 Å². The molecule has 0 N–H and O–H groups in total. The van der Waals surface area contributed by atoms with E-state index >= 15 is 0 Å². The van der Waals surface area contributed by atoms with E-state index in [1.54, 1.807) is 0 Å². The topological polar surface area (TPSA) is 86.7 Å². The molecule has 0 heterocycles. The summed E-state index contributed by atoms with van der Waals surface area (Å²) >= 11 is -2.76. The van der Waals surface area contributed by atoms with Gasteiger partial charge in [-0.05, 0) is 0 Å². The Morgan fingerprint density at radius 2 is 2.33 bits per heavy atom. The van der Waals surface area contributed by atoms with Crippen LogP contribution in [0.25, 0.3) is 0 Å². The van der Waals surface area contributed by atoms with Crippen LogP contribution >= 0.6 is 0 Å². The van der Waals surface area contributed by atoms with Gasteiger partial charge < -0.3 is 9.35 Å². The van der Waals surface area contributed by atoms with Gasteiger partial charge in [0, 0.05) is 19.9 Å². The number of rotatable bonds is 5. The highest BCUT2D eigenvalue weighted by atomic mass is 32.2. The van der Waals surface area contributed by atoms with Gasteiger partial charge in [0.25, 0.3) is 0 Å². The van der Waals surface area contributed by atoms with E-state index in [4.69, 9.17) is 0 Å². The average Bonchev–Trinajstić information content (AvgIpc) is 1.98. The van der Waals surface area contributed by atoms with E-state index in [0.717, 1.165) is 7.05 Å². The van der Waals surface area contributed by atoms with Gasteiger partial charge in [-0.2, -0.15) is 4.28 Å². The first-order chi connectivity index (χ1) is 5.57. The van der Waals surface area contributed by atoms with Gasteiger partial charge in [-0.25, -0.2) is 9.27 Å². The molecule has 0 saturated carbocycles. The van der Waals surface area contributed by atoms with Crippen molar-refractivity contribution in [3.05, 3.63) is 0 Å². The molecule has 6 nitrogen and oxygen atoms in total. The first-order valence-corrected chi connectivity index (χ1v) is 4.06. The van der Waals surface area contributed by atoms with Crippen LogP contribution in [0.5, 0.6) is 0 Å². The number of amides is 1. The quantitative estimate of drug-likeness (QED) is 0.323. The van der Waals surface area contributed by atoms with Crippen LogP contribution in [-0.2, 0) is 25.2 Å². The number of carbonyl (C=O) groups is 2. The standard InChI is InChI=1S/C5H9NO5S/c1-6(11-12(9)10)5(8)3-2-4-7/h4H,2-3H2,1H3,(H,9,10)/p-1. The molecule has 0 aromatic rings. The first kappa shape index (κ1) is 11.2. The Morgan fingerprint density at radius 3 is 2.75 bits per heavy atom. The van der Waals surface area contributed by atoms with Gasteiger partial charge in [-0.3, -0.25) is 4.79 Å². The summed E-state index contributed by atoms with van der Waals surface area (Å²) < 4.78 is 23.8. The number of nitrogens with zero attached hydrogens (tertiary/aromatic N) is 1. The van der Waals surface area contributed by atoms with Crippen molar-refractivity contribution in [2.75, 3.05) is 7.05 Å². The maximum atomic E-state index is 10.8. The molecule has 0 aliphatic heterocycles. The van der Waals surface area contributed by atoms with Crippen LogP contribution in [0.1, 0.15) is 12.8 Å². The molecule has 12 heavy (non-hydrogen) atoms. The van der Waals surface area contributed by atoms with Gasteiger partial charge in [0.05, 0.1) is 0 Å². The monoisotopic (exact) mass is 194 g/mol.